The molecule has 0 saturated heterocycles. The van der Waals surface area contributed by atoms with Crippen LogP contribution >= 0.6 is 0 Å². The van der Waals surface area contributed by atoms with Crippen LogP contribution in [0.2, 0.25) is 0 Å². The number of aliphatic hydroxyl groups is 1. The van der Waals surface area contributed by atoms with Crippen LogP contribution < -0.4 is 10.5 Å². The Balaban J connectivity index is 2.28. The van der Waals surface area contributed by atoms with E-state index in [9.17, 15) is 16.8 Å². The fourth-order valence-corrected chi connectivity index (χ4v) is 4.72. The number of ether oxygens (including phenoxy) is 1. The molecule has 4 N–H and O–H groups in total. The summed E-state index contributed by atoms with van der Waals surface area (Å²) in [5, 5.41) is 8.69. The van der Waals surface area contributed by atoms with Gasteiger partial charge in [-0.25, -0.2) is 16.8 Å². The van der Waals surface area contributed by atoms with E-state index in [1.165, 1.54) is 55.6 Å². The van der Waals surface area contributed by atoms with Gasteiger partial charge in [-0.15, -0.1) is 0 Å². The molecule has 0 atom stereocenters. The number of para-hydroxylation sites is 1. The maximum absolute atomic E-state index is 12.9. The van der Waals surface area contributed by atoms with Gasteiger partial charge in [0.05, 0.1) is 30.4 Å². The summed E-state index contributed by atoms with van der Waals surface area (Å²) in [4.78, 5) is -0.224. The fourth-order valence-electron chi connectivity index (χ4n) is 2.27. The van der Waals surface area contributed by atoms with Crippen molar-refractivity contribution in [1.29, 1.82) is 0 Å². The van der Waals surface area contributed by atoms with E-state index in [1.807, 2.05) is 0 Å². The molecule has 0 aliphatic carbocycles. The minimum Gasteiger partial charge on any atom is -0.399 e. The number of anilines is 2. The summed E-state index contributed by atoms with van der Waals surface area (Å²) in [6.45, 7) is 0.0785. The van der Waals surface area contributed by atoms with Gasteiger partial charge in [-0.1, -0.05) is 12.1 Å². The first kappa shape index (κ1) is 22.1. The van der Waals surface area contributed by atoms with E-state index in [0.717, 1.165) is 4.31 Å². The number of rotatable bonds is 10. The van der Waals surface area contributed by atoms with E-state index in [4.69, 9.17) is 15.6 Å². The van der Waals surface area contributed by atoms with Crippen molar-refractivity contribution in [3.05, 3.63) is 48.5 Å². The second kappa shape index (κ2) is 9.34. The molecule has 2 aromatic rings. The highest BCUT2D eigenvalue weighted by atomic mass is 32.2. The zero-order valence-electron chi connectivity index (χ0n) is 15.3. The Labute approximate surface area is 164 Å². The number of hydrogen-bond donors (Lipinski definition) is 3. The van der Waals surface area contributed by atoms with Gasteiger partial charge in [0.15, 0.2) is 0 Å². The van der Waals surface area contributed by atoms with Crippen LogP contribution in [0.15, 0.2) is 58.3 Å². The van der Waals surface area contributed by atoms with Crippen LogP contribution in [0.25, 0.3) is 0 Å². The van der Waals surface area contributed by atoms with Crippen molar-refractivity contribution in [2.45, 2.75) is 9.79 Å². The largest absolute Gasteiger partial charge is 0.399 e. The molecule has 11 heteroatoms. The van der Waals surface area contributed by atoms with E-state index in [0.29, 0.717) is 5.69 Å². The van der Waals surface area contributed by atoms with Crippen molar-refractivity contribution in [1.82, 2.24) is 4.31 Å². The quantitative estimate of drug-likeness (QED) is 0.373. The molecule has 2 rings (SSSR count). The molecule has 0 radical (unpaired) electrons. The number of hydrogen-bond acceptors (Lipinski definition) is 7. The molecule has 0 aromatic heterocycles. The zero-order chi connectivity index (χ0) is 20.8. The van der Waals surface area contributed by atoms with E-state index < -0.39 is 20.0 Å². The highest BCUT2D eigenvalue weighted by Crippen LogP contribution is 2.26. The Hall–Kier alpha value is -2.18. The van der Waals surface area contributed by atoms with Crippen molar-refractivity contribution in [2.75, 3.05) is 43.9 Å². The summed E-state index contributed by atoms with van der Waals surface area (Å²) in [7, 11) is -6.61. The standard InChI is InChI=1S/C17H23N3O6S2/c1-20(10-12-26-13-11-21)28(24,25)17-5-3-2-4-16(17)19-27(22,23)15-8-6-14(18)7-9-15/h2-9,19,21H,10-13,18H2,1H3. The van der Waals surface area contributed by atoms with Crippen LogP contribution in [0.5, 0.6) is 0 Å². The topological polar surface area (TPSA) is 139 Å². The third-order valence-corrected chi connectivity index (χ3v) is 7.09. The summed E-state index contributed by atoms with van der Waals surface area (Å²) >= 11 is 0. The highest BCUT2D eigenvalue weighted by molar-refractivity contribution is 7.93. The number of nitrogens with one attached hydrogen (secondary N) is 1. The van der Waals surface area contributed by atoms with Gasteiger partial charge in [-0.2, -0.15) is 4.31 Å². The maximum Gasteiger partial charge on any atom is 0.261 e. The summed E-state index contributed by atoms with van der Waals surface area (Å²) in [6.07, 6.45) is 0. The number of benzene rings is 2. The van der Waals surface area contributed by atoms with Crippen LogP contribution in [0, 0.1) is 0 Å². The lowest BCUT2D eigenvalue weighted by Crippen LogP contribution is -2.31. The third-order valence-electron chi connectivity index (χ3n) is 3.80. The molecular formula is C17H23N3O6S2. The van der Waals surface area contributed by atoms with E-state index in [1.54, 1.807) is 0 Å². The van der Waals surface area contributed by atoms with Gasteiger partial charge in [0.1, 0.15) is 4.90 Å². The van der Waals surface area contributed by atoms with Gasteiger partial charge in [-0.3, -0.25) is 4.72 Å². The number of nitrogen functional groups attached to an aromatic ring is 1. The lowest BCUT2D eigenvalue weighted by Gasteiger charge is -2.19. The number of sulfonamides is 2. The molecule has 0 unspecified atom stereocenters. The second-order valence-corrected chi connectivity index (χ2v) is 9.53. The Bertz CT molecular complexity index is 992. The average molecular weight is 430 g/mol. The third kappa shape index (κ3) is 5.42. The molecule has 0 spiro atoms. The molecule has 0 aliphatic rings. The van der Waals surface area contributed by atoms with Gasteiger partial charge in [-0.05, 0) is 36.4 Å². The number of nitrogens with zero attached hydrogens (tertiary/aromatic N) is 1. The molecule has 0 bridgehead atoms. The Morgan fingerprint density at radius 3 is 2.32 bits per heavy atom. The SMILES string of the molecule is CN(CCOCCO)S(=O)(=O)c1ccccc1NS(=O)(=O)c1ccc(N)cc1. The predicted octanol–water partition coefficient (Wildman–Crippen LogP) is 0.699. The zero-order valence-corrected chi connectivity index (χ0v) is 16.9. The normalized spacial score (nSPS) is 12.2. The van der Waals surface area contributed by atoms with Crippen molar-refractivity contribution in [3.8, 4) is 0 Å². The molecule has 0 amide bonds. The van der Waals surface area contributed by atoms with Gasteiger partial charge in [0, 0.05) is 19.3 Å². The monoisotopic (exact) mass is 429 g/mol. The van der Waals surface area contributed by atoms with Gasteiger partial charge in [0.2, 0.25) is 10.0 Å². The molecule has 0 aliphatic heterocycles. The Kier molecular flexibility index (Phi) is 7.38. The van der Waals surface area contributed by atoms with E-state index in [-0.39, 0.29) is 41.8 Å². The van der Waals surface area contributed by atoms with Crippen LogP contribution in [0.4, 0.5) is 11.4 Å². The summed E-state index contributed by atoms with van der Waals surface area (Å²) in [5.41, 5.74) is 5.91. The van der Waals surface area contributed by atoms with Crippen molar-refractivity contribution >= 4 is 31.4 Å². The predicted molar refractivity (Wildman–Crippen MR) is 106 cm³/mol. The maximum atomic E-state index is 12.9. The van der Waals surface area contributed by atoms with Crippen LogP contribution in [0.3, 0.4) is 0 Å². The first-order valence-electron chi connectivity index (χ1n) is 8.31. The van der Waals surface area contributed by atoms with Crippen molar-refractivity contribution in [2.24, 2.45) is 0 Å². The summed E-state index contributed by atoms with van der Waals surface area (Å²) < 4.78 is 59.4. The van der Waals surface area contributed by atoms with Crippen molar-refractivity contribution < 1.29 is 26.7 Å². The number of aliphatic hydroxyl groups excluding tert-OH is 1. The van der Waals surface area contributed by atoms with Crippen molar-refractivity contribution in [3.63, 3.8) is 0 Å². The molecule has 2 aromatic carbocycles. The lowest BCUT2D eigenvalue weighted by molar-refractivity contribution is 0.0877. The second-order valence-electron chi connectivity index (χ2n) is 5.83. The molecular weight excluding hydrogens is 406 g/mol. The molecule has 154 valence electrons. The molecule has 28 heavy (non-hydrogen) atoms. The van der Waals surface area contributed by atoms with Gasteiger partial charge < -0.3 is 15.6 Å². The minimum absolute atomic E-state index is 0.0420. The fraction of sp³-hybridized carbons (Fsp3) is 0.294. The summed E-state index contributed by atoms with van der Waals surface area (Å²) in [5.74, 6) is 0. The smallest absolute Gasteiger partial charge is 0.261 e. The average Bonchev–Trinajstić information content (AvgIpc) is 2.65. The van der Waals surface area contributed by atoms with Crippen LogP contribution in [0.1, 0.15) is 0 Å². The minimum atomic E-state index is -4.00. The molecule has 0 fully saturated rings. The van der Waals surface area contributed by atoms with Gasteiger partial charge in [0.25, 0.3) is 10.0 Å². The van der Waals surface area contributed by atoms with E-state index in [2.05, 4.69) is 4.72 Å². The number of likely N-dealkylation sites (N-methyl/N-ethyl adjacent to an activating group) is 1. The first-order chi connectivity index (χ1) is 13.2. The Morgan fingerprint density at radius 2 is 1.68 bits per heavy atom. The first-order valence-corrected chi connectivity index (χ1v) is 11.2. The van der Waals surface area contributed by atoms with Crippen LogP contribution in [-0.2, 0) is 24.8 Å². The molecule has 0 saturated carbocycles. The van der Waals surface area contributed by atoms with Crippen LogP contribution in [-0.4, -0.2) is 59.7 Å². The molecule has 0 heterocycles. The van der Waals surface area contributed by atoms with E-state index >= 15 is 0 Å². The molecule has 9 nitrogen and oxygen atoms in total. The van der Waals surface area contributed by atoms with Gasteiger partial charge >= 0.3 is 0 Å². The lowest BCUT2D eigenvalue weighted by atomic mass is 10.3. The Morgan fingerprint density at radius 1 is 1.04 bits per heavy atom. The summed E-state index contributed by atoms with van der Waals surface area (Å²) in [6, 6.07) is 11.3. The number of nitrogens with two attached hydrogens (primary N) is 1. The highest BCUT2D eigenvalue weighted by Gasteiger charge is 2.26.